The molecule has 1 saturated heterocycles. The fourth-order valence-corrected chi connectivity index (χ4v) is 3.05. The largest absolute Gasteiger partial charge is 0.339 e. The number of benzene rings is 1. The Balaban J connectivity index is 2.04. The van der Waals surface area contributed by atoms with Crippen LogP contribution < -0.4 is 0 Å². The van der Waals surface area contributed by atoms with Crippen molar-refractivity contribution < 1.29 is 9.18 Å². The number of carbonyl (C=O) groups excluding carboxylic acids is 1. The number of hydrogen-bond acceptors (Lipinski definition) is 2. The summed E-state index contributed by atoms with van der Waals surface area (Å²) in [6.45, 7) is 5.52. The van der Waals surface area contributed by atoms with Crippen molar-refractivity contribution in [3.63, 3.8) is 0 Å². The third-order valence-corrected chi connectivity index (χ3v) is 4.17. The molecule has 1 aromatic heterocycles. The van der Waals surface area contributed by atoms with Crippen molar-refractivity contribution in [2.45, 2.75) is 33.1 Å². The van der Waals surface area contributed by atoms with Crippen LogP contribution in [-0.2, 0) is 6.42 Å². The number of rotatable bonds is 3. The van der Waals surface area contributed by atoms with Crippen molar-refractivity contribution >= 4 is 5.91 Å². The average molecular weight is 301 g/mol. The van der Waals surface area contributed by atoms with E-state index < -0.39 is 0 Å². The van der Waals surface area contributed by atoms with Gasteiger partial charge in [0.15, 0.2) is 0 Å². The number of amides is 1. The van der Waals surface area contributed by atoms with E-state index in [1.807, 2.05) is 18.7 Å². The Morgan fingerprint density at radius 3 is 2.45 bits per heavy atom. The van der Waals surface area contributed by atoms with Gasteiger partial charge < -0.3 is 4.90 Å². The quantitative estimate of drug-likeness (QED) is 0.873. The van der Waals surface area contributed by atoms with Gasteiger partial charge in [-0.2, -0.15) is 5.10 Å². The molecule has 1 aromatic carbocycles. The molecule has 1 fully saturated rings. The maximum atomic E-state index is 13.1. The van der Waals surface area contributed by atoms with Crippen molar-refractivity contribution in [1.82, 2.24) is 14.7 Å². The van der Waals surface area contributed by atoms with Gasteiger partial charge in [-0.3, -0.25) is 4.79 Å². The Morgan fingerprint density at radius 2 is 1.86 bits per heavy atom. The van der Waals surface area contributed by atoms with Crippen LogP contribution in [0.15, 0.2) is 24.3 Å². The van der Waals surface area contributed by atoms with E-state index in [0.717, 1.165) is 43.0 Å². The molecule has 116 valence electrons. The molecule has 1 aliphatic rings. The van der Waals surface area contributed by atoms with Crippen LogP contribution in [-0.4, -0.2) is 33.7 Å². The molecule has 0 aliphatic carbocycles. The SMILES string of the molecule is CCc1c(C(=O)N2CCCC2)c(C)nn1-c1ccc(F)cc1. The fraction of sp³-hybridized carbons (Fsp3) is 0.412. The van der Waals surface area contributed by atoms with Gasteiger partial charge in [0.25, 0.3) is 5.91 Å². The molecule has 3 rings (SSSR count). The molecule has 0 bridgehead atoms. The normalized spacial score (nSPS) is 14.6. The molecule has 0 saturated carbocycles. The van der Waals surface area contributed by atoms with Gasteiger partial charge in [-0.1, -0.05) is 6.92 Å². The smallest absolute Gasteiger partial charge is 0.257 e. The van der Waals surface area contributed by atoms with Crippen LogP contribution in [0.4, 0.5) is 4.39 Å². The van der Waals surface area contributed by atoms with E-state index in [1.165, 1.54) is 12.1 Å². The Bertz CT molecular complexity index is 685. The van der Waals surface area contributed by atoms with E-state index in [-0.39, 0.29) is 11.7 Å². The van der Waals surface area contributed by atoms with Gasteiger partial charge in [0, 0.05) is 13.1 Å². The number of carbonyl (C=O) groups is 1. The van der Waals surface area contributed by atoms with Gasteiger partial charge in [0.1, 0.15) is 5.82 Å². The molecular weight excluding hydrogens is 281 g/mol. The lowest BCUT2D eigenvalue weighted by atomic mass is 10.1. The van der Waals surface area contributed by atoms with Crippen LogP contribution in [0.1, 0.15) is 41.5 Å². The van der Waals surface area contributed by atoms with Gasteiger partial charge in [0.05, 0.1) is 22.6 Å². The minimum atomic E-state index is -0.279. The van der Waals surface area contributed by atoms with E-state index >= 15 is 0 Å². The van der Waals surface area contributed by atoms with E-state index in [2.05, 4.69) is 5.10 Å². The van der Waals surface area contributed by atoms with E-state index in [4.69, 9.17) is 0 Å². The second kappa shape index (κ2) is 5.91. The van der Waals surface area contributed by atoms with Gasteiger partial charge >= 0.3 is 0 Å². The molecule has 22 heavy (non-hydrogen) atoms. The summed E-state index contributed by atoms with van der Waals surface area (Å²) in [5.74, 6) is -0.209. The van der Waals surface area contributed by atoms with E-state index in [9.17, 15) is 9.18 Å². The average Bonchev–Trinajstić information content (AvgIpc) is 3.15. The lowest BCUT2D eigenvalue weighted by Gasteiger charge is -2.16. The maximum absolute atomic E-state index is 13.1. The first kappa shape index (κ1) is 14.8. The topological polar surface area (TPSA) is 38.1 Å². The number of likely N-dealkylation sites (tertiary alicyclic amines) is 1. The van der Waals surface area contributed by atoms with Crippen LogP contribution in [0.2, 0.25) is 0 Å². The monoisotopic (exact) mass is 301 g/mol. The van der Waals surface area contributed by atoms with Crippen molar-refractivity contribution in [3.05, 3.63) is 47.0 Å². The first-order chi connectivity index (χ1) is 10.6. The molecule has 1 amide bonds. The van der Waals surface area contributed by atoms with Crippen molar-refractivity contribution in [2.24, 2.45) is 0 Å². The third kappa shape index (κ3) is 2.51. The van der Waals surface area contributed by atoms with Gasteiger partial charge in [-0.25, -0.2) is 9.07 Å². The molecule has 5 heteroatoms. The van der Waals surface area contributed by atoms with Crippen LogP contribution in [0.3, 0.4) is 0 Å². The molecule has 0 atom stereocenters. The standard InChI is InChI=1S/C17H20FN3O/c1-3-15-16(17(22)20-10-4-5-11-20)12(2)19-21(15)14-8-6-13(18)7-9-14/h6-9H,3-5,10-11H2,1-2H3. The predicted octanol–water partition coefficient (Wildman–Crippen LogP) is 3.12. The number of halogens is 1. The molecule has 0 radical (unpaired) electrons. The Kier molecular flexibility index (Phi) is 3.96. The second-order valence-electron chi connectivity index (χ2n) is 5.65. The zero-order chi connectivity index (χ0) is 15.7. The van der Waals surface area contributed by atoms with Crippen LogP contribution in [0, 0.1) is 12.7 Å². The fourth-order valence-electron chi connectivity index (χ4n) is 3.05. The highest BCUT2D eigenvalue weighted by atomic mass is 19.1. The summed E-state index contributed by atoms with van der Waals surface area (Å²) in [7, 11) is 0. The van der Waals surface area contributed by atoms with Crippen LogP contribution >= 0.6 is 0 Å². The zero-order valence-electron chi connectivity index (χ0n) is 13.0. The predicted molar refractivity (Wildman–Crippen MR) is 82.8 cm³/mol. The summed E-state index contributed by atoms with van der Waals surface area (Å²) in [5.41, 5.74) is 3.11. The van der Waals surface area contributed by atoms with E-state index in [1.54, 1.807) is 16.8 Å². The first-order valence-corrected chi connectivity index (χ1v) is 7.75. The van der Waals surface area contributed by atoms with Crippen molar-refractivity contribution in [1.29, 1.82) is 0 Å². The Labute approximate surface area is 129 Å². The minimum Gasteiger partial charge on any atom is -0.339 e. The Morgan fingerprint density at radius 1 is 1.23 bits per heavy atom. The highest BCUT2D eigenvalue weighted by Crippen LogP contribution is 2.23. The highest BCUT2D eigenvalue weighted by Gasteiger charge is 2.27. The van der Waals surface area contributed by atoms with Crippen molar-refractivity contribution in [2.75, 3.05) is 13.1 Å². The molecule has 0 spiro atoms. The van der Waals surface area contributed by atoms with Crippen LogP contribution in [0.25, 0.3) is 5.69 Å². The lowest BCUT2D eigenvalue weighted by molar-refractivity contribution is 0.0791. The van der Waals surface area contributed by atoms with Gasteiger partial charge in [-0.05, 0) is 50.5 Å². The summed E-state index contributed by atoms with van der Waals surface area (Å²) in [6.07, 6.45) is 2.84. The van der Waals surface area contributed by atoms with Gasteiger partial charge in [0.2, 0.25) is 0 Å². The number of aromatic nitrogens is 2. The summed E-state index contributed by atoms with van der Waals surface area (Å²) in [4.78, 5) is 14.7. The summed E-state index contributed by atoms with van der Waals surface area (Å²) < 4.78 is 14.9. The summed E-state index contributed by atoms with van der Waals surface area (Å²) in [5, 5.41) is 4.52. The lowest BCUT2D eigenvalue weighted by Crippen LogP contribution is -2.28. The Hall–Kier alpha value is -2.17. The first-order valence-electron chi connectivity index (χ1n) is 7.75. The zero-order valence-corrected chi connectivity index (χ0v) is 13.0. The number of aryl methyl sites for hydroxylation is 1. The molecule has 2 aromatic rings. The van der Waals surface area contributed by atoms with Crippen LogP contribution in [0.5, 0.6) is 0 Å². The molecule has 1 aliphatic heterocycles. The summed E-state index contributed by atoms with van der Waals surface area (Å²) >= 11 is 0. The summed E-state index contributed by atoms with van der Waals surface area (Å²) in [6, 6.07) is 6.19. The van der Waals surface area contributed by atoms with Crippen molar-refractivity contribution in [3.8, 4) is 5.69 Å². The minimum absolute atomic E-state index is 0.0696. The number of hydrogen-bond donors (Lipinski definition) is 0. The van der Waals surface area contributed by atoms with E-state index in [0.29, 0.717) is 12.0 Å². The highest BCUT2D eigenvalue weighted by molar-refractivity contribution is 5.96. The molecule has 2 heterocycles. The number of nitrogens with zero attached hydrogens (tertiary/aromatic N) is 3. The third-order valence-electron chi connectivity index (χ3n) is 4.17. The molecule has 4 nitrogen and oxygen atoms in total. The molecule has 0 unspecified atom stereocenters. The maximum Gasteiger partial charge on any atom is 0.257 e. The molecular formula is C17H20FN3O. The second-order valence-corrected chi connectivity index (χ2v) is 5.65. The van der Waals surface area contributed by atoms with Gasteiger partial charge in [-0.15, -0.1) is 0 Å². The molecule has 0 N–H and O–H groups in total.